The summed E-state index contributed by atoms with van der Waals surface area (Å²) in [5.41, 5.74) is 0.519. The number of halogens is 2. The molecular weight excluding hydrogens is 299 g/mol. The third-order valence-electron chi connectivity index (χ3n) is 2.50. The summed E-state index contributed by atoms with van der Waals surface area (Å²) in [5.74, 6) is 0.201. The maximum atomic E-state index is 12.2. The Morgan fingerprint density at radius 2 is 2.05 bits per heavy atom. The zero-order valence-corrected chi connectivity index (χ0v) is 12.4. The number of amides is 1. The lowest BCUT2D eigenvalue weighted by molar-refractivity contribution is 0.102. The van der Waals surface area contributed by atoms with Crippen molar-refractivity contribution in [3.63, 3.8) is 0 Å². The van der Waals surface area contributed by atoms with E-state index in [9.17, 15) is 4.79 Å². The van der Waals surface area contributed by atoms with Gasteiger partial charge in [-0.25, -0.2) is 15.0 Å². The summed E-state index contributed by atoms with van der Waals surface area (Å²) in [7, 11) is 0. The number of rotatable bonds is 3. The van der Waals surface area contributed by atoms with Crippen molar-refractivity contribution in [1.29, 1.82) is 0 Å². The van der Waals surface area contributed by atoms with Gasteiger partial charge < -0.3 is 5.32 Å². The Labute approximate surface area is 126 Å². The lowest BCUT2D eigenvalue weighted by atomic mass is 10.2. The molecular formula is C13H12Cl2N4O. The number of nitrogens with zero attached hydrogens (tertiary/aromatic N) is 3. The van der Waals surface area contributed by atoms with E-state index < -0.39 is 5.91 Å². The molecule has 0 saturated heterocycles. The normalized spacial score (nSPS) is 10.7. The average molecular weight is 311 g/mol. The molecule has 20 heavy (non-hydrogen) atoms. The summed E-state index contributed by atoms with van der Waals surface area (Å²) in [6, 6.07) is 3.31. The molecule has 0 atom stereocenters. The van der Waals surface area contributed by atoms with Crippen molar-refractivity contribution in [2.45, 2.75) is 19.8 Å². The molecule has 1 N–H and O–H groups in total. The molecule has 0 aliphatic carbocycles. The molecule has 2 aromatic heterocycles. The SMILES string of the molecule is CC(C)c1ncc(Cl)c(C(=O)Nc2cccnc2Cl)n1. The van der Waals surface area contributed by atoms with Crippen molar-refractivity contribution >= 4 is 34.8 Å². The van der Waals surface area contributed by atoms with Crippen LogP contribution in [0.5, 0.6) is 0 Å². The Hall–Kier alpha value is -1.72. The molecule has 1 amide bonds. The van der Waals surface area contributed by atoms with Crippen LogP contribution in [0.4, 0.5) is 5.69 Å². The van der Waals surface area contributed by atoms with E-state index in [0.29, 0.717) is 11.5 Å². The minimum Gasteiger partial charge on any atom is -0.318 e. The summed E-state index contributed by atoms with van der Waals surface area (Å²) in [6.07, 6.45) is 2.95. The van der Waals surface area contributed by atoms with Gasteiger partial charge in [-0.2, -0.15) is 0 Å². The fourth-order valence-electron chi connectivity index (χ4n) is 1.48. The summed E-state index contributed by atoms with van der Waals surface area (Å²) in [5, 5.41) is 3.02. The predicted molar refractivity (Wildman–Crippen MR) is 78.3 cm³/mol. The molecule has 0 aromatic carbocycles. The van der Waals surface area contributed by atoms with Gasteiger partial charge in [0.1, 0.15) is 5.82 Å². The first-order valence-corrected chi connectivity index (χ1v) is 6.69. The molecule has 0 aliphatic heterocycles. The Kier molecular flexibility index (Phi) is 4.52. The Morgan fingerprint density at radius 1 is 1.30 bits per heavy atom. The van der Waals surface area contributed by atoms with Crippen LogP contribution in [0.3, 0.4) is 0 Å². The number of hydrogen-bond donors (Lipinski definition) is 1. The molecule has 0 radical (unpaired) electrons. The summed E-state index contributed by atoms with van der Waals surface area (Å²) in [4.78, 5) is 24.3. The largest absolute Gasteiger partial charge is 0.318 e. The Morgan fingerprint density at radius 3 is 2.70 bits per heavy atom. The van der Waals surface area contributed by atoms with E-state index in [1.54, 1.807) is 12.1 Å². The van der Waals surface area contributed by atoms with Gasteiger partial charge >= 0.3 is 0 Å². The second-order valence-corrected chi connectivity index (χ2v) is 5.14. The molecule has 0 aliphatic rings. The molecule has 0 bridgehead atoms. The van der Waals surface area contributed by atoms with E-state index in [-0.39, 0.29) is 21.8 Å². The summed E-state index contributed by atoms with van der Waals surface area (Å²) in [6.45, 7) is 3.87. The van der Waals surface area contributed by atoms with Crippen molar-refractivity contribution in [2.75, 3.05) is 5.32 Å². The summed E-state index contributed by atoms with van der Waals surface area (Å²) >= 11 is 11.9. The van der Waals surface area contributed by atoms with Crippen molar-refractivity contribution < 1.29 is 4.79 Å². The minimum absolute atomic E-state index is 0.0980. The predicted octanol–water partition coefficient (Wildman–Crippen LogP) is 3.55. The topological polar surface area (TPSA) is 67.8 Å². The quantitative estimate of drug-likeness (QED) is 0.880. The van der Waals surface area contributed by atoms with Crippen LogP contribution in [0.1, 0.15) is 36.1 Å². The van der Waals surface area contributed by atoms with Crippen LogP contribution in [-0.2, 0) is 0 Å². The van der Waals surface area contributed by atoms with Gasteiger partial charge in [0, 0.05) is 12.1 Å². The first-order valence-electron chi connectivity index (χ1n) is 5.93. The van der Waals surface area contributed by atoms with Gasteiger partial charge in [0.2, 0.25) is 0 Å². The van der Waals surface area contributed by atoms with Crippen LogP contribution in [0, 0.1) is 0 Å². The molecule has 0 unspecified atom stereocenters. The highest BCUT2D eigenvalue weighted by molar-refractivity contribution is 6.35. The standard InChI is InChI=1S/C13H12Cl2N4O/c1-7(2)12-17-6-8(14)10(19-12)13(20)18-9-4-3-5-16-11(9)15/h3-7H,1-2H3,(H,18,20). The van der Waals surface area contributed by atoms with Gasteiger partial charge in [-0.05, 0) is 12.1 Å². The minimum atomic E-state index is -0.450. The number of pyridine rings is 1. The molecule has 0 saturated carbocycles. The highest BCUT2D eigenvalue weighted by Crippen LogP contribution is 2.21. The van der Waals surface area contributed by atoms with Crippen molar-refractivity contribution in [3.05, 3.63) is 46.2 Å². The third-order valence-corrected chi connectivity index (χ3v) is 3.08. The lowest BCUT2D eigenvalue weighted by Gasteiger charge is -2.09. The van der Waals surface area contributed by atoms with Crippen LogP contribution < -0.4 is 5.32 Å². The van der Waals surface area contributed by atoms with Crippen LogP contribution in [0.15, 0.2) is 24.5 Å². The van der Waals surface area contributed by atoms with E-state index in [1.807, 2.05) is 13.8 Å². The maximum absolute atomic E-state index is 12.2. The number of hydrogen-bond acceptors (Lipinski definition) is 4. The monoisotopic (exact) mass is 310 g/mol. The first kappa shape index (κ1) is 14.7. The highest BCUT2D eigenvalue weighted by atomic mass is 35.5. The van der Waals surface area contributed by atoms with Gasteiger partial charge in [-0.1, -0.05) is 37.0 Å². The number of carbonyl (C=O) groups excluding carboxylic acids is 1. The van der Waals surface area contributed by atoms with Gasteiger partial charge in [0.05, 0.1) is 16.9 Å². The van der Waals surface area contributed by atoms with Gasteiger partial charge in [-0.3, -0.25) is 4.79 Å². The first-order chi connectivity index (χ1) is 9.49. The van der Waals surface area contributed by atoms with Crippen LogP contribution in [0.25, 0.3) is 0 Å². The van der Waals surface area contributed by atoms with E-state index in [2.05, 4.69) is 20.3 Å². The fourth-order valence-corrected chi connectivity index (χ4v) is 1.82. The second kappa shape index (κ2) is 6.15. The zero-order valence-electron chi connectivity index (χ0n) is 10.9. The van der Waals surface area contributed by atoms with Crippen LogP contribution in [-0.4, -0.2) is 20.9 Å². The van der Waals surface area contributed by atoms with Crippen molar-refractivity contribution in [1.82, 2.24) is 15.0 Å². The van der Waals surface area contributed by atoms with Crippen LogP contribution >= 0.6 is 23.2 Å². The van der Waals surface area contributed by atoms with E-state index >= 15 is 0 Å². The van der Waals surface area contributed by atoms with Gasteiger partial charge in [-0.15, -0.1) is 0 Å². The highest BCUT2D eigenvalue weighted by Gasteiger charge is 2.16. The van der Waals surface area contributed by atoms with E-state index in [0.717, 1.165) is 0 Å². The van der Waals surface area contributed by atoms with E-state index in [1.165, 1.54) is 12.4 Å². The molecule has 2 rings (SSSR count). The number of aromatic nitrogens is 3. The van der Waals surface area contributed by atoms with Gasteiger partial charge in [0.25, 0.3) is 5.91 Å². The van der Waals surface area contributed by atoms with Crippen LogP contribution in [0.2, 0.25) is 10.2 Å². The number of anilines is 1. The molecule has 0 fully saturated rings. The molecule has 2 aromatic rings. The molecule has 7 heteroatoms. The lowest BCUT2D eigenvalue weighted by Crippen LogP contribution is -2.16. The number of nitrogens with one attached hydrogen (secondary N) is 1. The Balaban J connectivity index is 2.30. The van der Waals surface area contributed by atoms with Gasteiger partial charge in [0.15, 0.2) is 10.8 Å². The zero-order chi connectivity index (χ0) is 14.7. The maximum Gasteiger partial charge on any atom is 0.276 e. The average Bonchev–Trinajstić information content (AvgIpc) is 2.41. The smallest absolute Gasteiger partial charge is 0.276 e. The fraction of sp³-hybridized carbons (Fsp3) is 0.231. The van der Waals surface area contributed by atoms with E-state index in [4.69, 9.17) is 23.2 Å². The molecule has 2 heterocycles. The van der Waals surface area contributed by atoms with Crippen molar-refractivity contribution in [2.24, 2.45) is 0 Å². The summed E-state index contributed by atoms with van der Waals surface area (Å²) < 4.78 is 0. The third kappa shape index (κ3) is 3.23. The second-order valence-electron chi connectivity index (χ2n) is 4.38. The van der Waals surface area contributed by atoms with Crippen molar-refractivity contribution in [3.8, 4) is 0 Å². The number of carbonyl (C=O) groups is 1. The Bertz CT molecular complexity index is 646. The molecule has 104 valence electrons. The molecule has 5 nitrogen and oxygen atoms in total. The molecule has 0 spiro atoms.